The van der Waals surface area contributed by atoms with Crippen molar-refractivity contribution in [1.82, 2.24) is 9.97 Å². The summed E-state index contributed by atoms with van der Waals surface area (Å²) in [4.78, 5) is 20.4. The van der Waals surface area contributed by atoms with Crippen molar-refractivity contribution in [2.45, 2.75) is 13.8 Å². The predicted molar refractivity (Wildman–Crippen MR) is 76.9 cm³/mol. The highest BCUT2D eigenvalue weighted by molar-refractivity contribution is 6.03. The quantitative estimate of drug-likeness (QED) is 0.833. The number of anilines is 2. The Morgan fingerprint density at radius 1 is 1.20 bits per heavy atom. The molecule has 0 aliphatic rings. The lowest BCUT2D eigenvalue weighted by molar-refractivity contribution is 0.102. The van der Waals surface area contributed by atoms with Gasteiger partial charge >= 0.3 is 0 Å². The molecule has 0 fully saturated rings. The highest BCUT2D eigenvalue weighted by Crippen LogP contribution is 2.22. The number of aromatic nitrogens is 2. The van der Waals surface area contributed by atoms with Crippen molar-refractivity contribution < 1.29 is 9.53 Å². The summed E-state index contributed by atoms with van der Waals surface area (Å²) >= 11 is 0. The molecule has 0 unspecified atom stereocenters. The number of amides is 1. The third-order valence-corrected chi connectivity index (χ3v) is 2.70. The van der Waals surface area contributed by atoms with Gasteiger partial charge in [-0.15, -0.1) is 0 Å². The van der Waals surface area contributed by atoms with Gasteiger partial charge in [0.25, 0.3) is 5.91 Å². The summed E-state index contributed by atoms with van der Waals surface area (Å²) < 4.78 is 5.09. The maximum atomic E-state index is 12.1. The minimum absolute atomic E-state index is 0.281. The van der Waals surface area contributed by atoms with Crippen LogP contribution in [0.3, 0.4) is 0 Å². The molecule has 2 aromatic rings. The van der Waals surface area contributed by atoms with Crippen LogP contribution in [0.15, 0.2) is 24.3 Å². The maximum Gasteiger partial charge on any atom is 0.258 e. The van der Waals surface area contributed by atoms with Gasteiger partial charge in [0, 0.05) is 17.0 Å². The number of nitrogens with one attached hydrogen (secondary N) is 1. The summed E-state index contributed by atoms with van der Waals surface area (Å²) in [6, 6.07) is 6.65. The van der Waals surface area contributed by atoms with Crippen molar-refractivity contribution in [2.24, 2.45) is 0 Å². The lowest BCUT2D eigenvalue weighted by Gasteiger charge is -2.08. The van der Waals surface area contributed by atoms with Crippen molar-refractivity contribution in [1.29, 1.82) is 0 Å². The lowest BCUT2D eigenvalue weighted by atomic mass is 10.2. The maximum absolute atomic E-state index is 12.1. The lowest BCUT2D eigenvalue weighted by Crippen LogP contribution is -2.15. The molecule has 0 radical (unpaired) electrons. The fraction of sp³-hybridized carbons (Fsp3) is 0.214. The summed E-state index contributed by atoms with van der Waals surface area (Å²) in [5.41, 5.74) is 8.21. The zero-order valence-electron chi connectivity index (χ0n) is 11.6. The number of benzene rings is 1. The summed E-state index contributed by atoms with van der Waals surface area (Å²) in [5, 5.41) is 2.65. The monoisotopic (exact) mass is 272 g/mol. The van der Waals surface area contributed by atoms with E-state index in [2.05, 4.69) is 15.3 Å². The second kappa shape index (κ2) is 5.56. The van der Waals surface area contributed by atoms with Crippen LogP contribution in [0.5, 0.6) is 5.75 Å². The first-order chi connectivity index (χ1) is 9.49. The van der Waals surface area contributed by atoms with Crippen LogP contribution in [-0.2, 0) is 0 Å². The molecule has 20 heavy (non-hydrogen) atoms. The first-order valence-electron chi connectivity index (χ1n) is 6.06. The Bertz CT molecular complexity index is 635. The van der Waals surface area contributed by atoms with Crippen molar-refractivity contribution in [3.8, 4) is 5.75 Å². The number of aryl methyl sites for hydroxylation is 2. The number of carbonyl (C=O) groups excluding carboxylic acids is 1. The van der Waals surface area contributed by atoms with Gasteiger partial charge in [0.1, 0.15) is 5.75 Å². The van der Waals surface area contributed by atoms with E-state index in [1.807, 2.05) is 19.9 Å². The van der Waals surface area contributed by atoms with Gasteiger partial charge in [-0.3, -0.25) is 10.1 Å². The van der Waals surface area contributed by atoms with Crippen molar-refractivity contribution in [3.63, 3.8) is 0 Å². The van der Waals surface area contributed by atoms with Crippen LogP contribution in [0.4, 0.5) is 11.6 Å². The summed E-state index contributed by atoms with van der Waals surface area (Å²) in [7, 11) is 1.50. The normalized spacial score (nSPS) is 10.2. The minimum atomic E-state index is -0.312. The van der Waals surface area contributed by atoms with E-state index in [0.29, 0.717) is 17.0 Å². The van der Waals surface area contributed by atoms with Gasteiger partial charge in [0.15, 0.2) is 0 Å². The van der Waals surface area contributed by atoms with Crippen LogP contribution in [0.2, 0.25) is 0 Å². The van der Waals surface area contributed by atoms with E-state index in [0.717, 1.165) is 11.4 Å². The van der Waals surface area contributed by atoms with Crippen LogP contribution in [-0.4, -0.2) is 23.0 Å². The van der Waals surface area contributed by atoms with Gasteiger partial charge in [-0.05, 0) is 38.1 Å². The molecular weight excluding hydrogens is 256 g/mol. The molecule has 1 aromatic heterocycles. The summed E-state index contributed by atoms with van der Waals surface area (Å²) in [6.07, 6.45) is 0. The molecule has 1 heterocycles. The number of ether oxygens (including phenoxy) is 1. The van der Waals surface area contributed by atoms with E-state index in [1.54, 1.807) is 18.2 Å². The van der Waals surface area contributed by atoms with Gasteiger partial charge in [-0.1, -0.05) is 0 Å². The van der Waals surface area contributed by atoms with Crippen molar-refractivity contribution >= 4 is 17.5 Å². The molecular formula is C14H16N4O2. The Kier molecular flexibility index (Phi) is 3.84. The fourth-order valence-corrected chi connectivity index (χ4v) is 1.81. The summed E-state index contributed by atoms with van der Waals surface area (Å²) in [5.74, 6) is 0.426. The van der Waals surface area contributed by atoms with Crippen LogP contribution in [0.1, 0.15) is 21.7 Å². The molecule has 0 saturated carbocycles. The number of nitrogen functional groups attached to an aromatic ring is 1. The van der Waals surface area contributed by atoms with Crippen molar-refractivity contribution in [3.05, 3.63) is 41.2 Å². The van der Waals surface area contributed by atoms with Gasteiger partial charge in [-0.2, -0.15) is 0 Å². The molecule has 0 aliphatic heterocycles. The largest absolute Gasteiger partial charge is 0.495 e. The van der Waals surface area contributed by atoms with Gasteiger partial charge in [0.2, 0.25) is 5.95 Å². The number of nitrogens with zero attached hydrogens (tertiary/aromatic N) is 2. The van der Waals surface area contributed by atoms with E-state index in [1.165, 1.54) is 7.11 Å². The van der Waals surface area contributed by atoms with Crippen molar-refractivity contribution in [2.75, 3.05) is 18.2 Å². The molecule has 3 N–H and O–H groups in total. The van der Waals surface area contributed by atoms with Gasteiger partial charge in [-0.25, -0.2) is 9.97 Å². The molecule has 6 nitrogen and oxygen atoms in total. The third kappa shape index (κ3) is 3.03. The van der Waals surface area contributed by atoms with Crippen LogP contribution >= 0.6 is 0 Å². The minimum Gasteiger partial charge on any atom is -0.495 e. The first kappa shape index (κ1) is 13.8. The molecule has 0 saturated heterocycles. The Morgan fingerprint density at radius 2 is 1.85 bits per heavy atom. The van der Waals surface area contributed by atoms with E-state index in [9.17, 15) is 4.79 Å². The first-order valence-corrected chi connectivity index (χ1v) is 6.06. The van der Waals surface area contributed by atoms with Crippen LogP contribution in [0, 0.1) is 13.8 Å². The van der Waals surface area contributed by atoms with E-state index >= 15 is 0 Å². The second-order valence-electron chi connectivity index (χ2n) is 4.39. The number of methoxy groups -OCH3 is 1. The molecule has 0 spiro atoms. The Labute approximate surface area is 117 Å². The molecule has 2 rings (SSSR count). The topological polar surface area (TPSA) is 90.1 Å². The van der Waals surface area contributed by atoms with Crippen LogP contribution in [0.25, 0.3) is 0 Å². The number of rotatable bonds is 3. The van der Waals surface area contributed by atoms with Crippen LogP contribution < -0.4 is 15.8 Å². The Balaban J connectivity index is 2.23. The van der Waals surface area contributed by atoms with Gasteiger partial charge in [0.05, 0.1) is 12.8 Å². The number of hydrogen-bond acceptors (Lipinski definition) is 5. The zero-order chi connectivity index (χ0) is 14.7. The van der Waals surface area contributed by atoms with E-state index < -0.39 is 0 Å². The fourth-order valence-electron chi connectivity index (χ4n) is 1.81. The number of hydrogen-bond donors (Lipinski definition) is 2. The molecule has 104 valence electrons. The Hall–Kier alpha value is -2.63. The SMILES string of the molecule is COc1cc(C(=O)Nc2nc(C)cc(C)n2)ccc1N. The standard InChI is InChI=1S/C14H16N4O2/c1-8-6-9(2)17-14(16-8)18-13(19)10-4-5-11(15)12(7-10)20-3/h4-7H,15H2,1-3H3,(H,16,17,18,19). The predicted octanol–water partition coefficient (Wildman–Crippen LogP) is 1.94. The van der Waals surface area contributed by atoms with E-state index in [-0.39, 0.29) is 11.9 Å². The average molecular weight is 272 g/mol. The second-order valence-corrected chi connectivity index (χ2v) is 4.39. The number of nitrogens with two attached hydrogens (primary N) is 1. The third-order valence-electron chi connectivity index (χ3n) is 2.70. The van der Waals surface area contributed by atoms with E-state index in [4.69, 9.17) is 10.5 Å². The zero-order valence-corrected chi connectivity index (χ0v) is 11.6. The molecule has 1 aromatic carbocycles. The van der Waals surface area contributed by atoms with Gasteiger partial charge < -0.3 is 10.5 Å². The molecule has 0 bridgehead atoms. The highest BCUT2D eigenvalue weighted by Gasteiger charge is 2.11. The molecule has 1 amide bonds. The highest BCUT2D eigenvalue weighted by atomic mass is 16.5. The molecule has 6 heteroatoms. The molecule has 0 aliphatic carbocycles. The summed E-state index contributed by atoms with van der Waals surface area (Å²) in [6.45, 7) is 3.69. The smallest absolute Gasteiger partial charge is 0.258 e. The Morgan fingerprint density at radius 3 is 2.45 bits per heavy atom. The average Bonchev–Trinajstić information content (AvgIpc) is 2.37. The molecule has 0 atom stereocenters. The number of carbonyl (C=O) groups is 1.